The van der Waals surface area contributed by atoms with Gasteiger partial charge in [0.25, 0.3) is 0 Å². The van der Waals surface area contributed by atoms with E-state index in [1.54, 1.807) is 36.4 Å². The van der Waals surface area contributed by atoms with Gasteiger partial charge in [0.1, 0.15) is 12.6 Å². The van der Waals surface area contributed by atoms with E-state index in [1.807, 2.05) is 0 Å². The Morgan fingerprint density at radius 2 is 1.87 bits per heavy atom. The van der Waals surface area contributed by atoms with E-state index in [2.05, 4.69) is 5.73 Å². The smallest absolute Gasteiger partial charge is 0.161 e. The predicted octanol–water partition coefficient (Wildman–Crippen LogP) is 1.61. The van der Waals surface area contributed by atoms with Gasteiger partial charge in [-0.2, -0.15) is 0 Å². The van der Waals surface area contributed by atoms with Gasteiger partial charge in [0, 0.05) is 21.2 Å². The van der Waals surface area contributed by atoms with Crippen molar-refractivity contribution in [1.82, 2.24) is 0 Å². The first-order valence-corrected chi connectivity index (χ1v) is 7.47. The van der Waals surface area contributed by atoms with Crippen molar-refractivity contribution in [2.24, 2.45) is 0 Å². The van der Waals surface area contributed by atoms with Crippen molar-refractivity contribution in [2.75, 3.05) is 7.11 Å². The second kappa shape index (κ2) is 7.55. The van der Waals surface area contributed by atoms with E-state index in [0.717, 1.165) is 0 Å². The highest BCUT2D eigenvalue weighted by atomic mass is 35.5. The lowest BCUT2D eigenvalue weighted by Crippen LogP contribution is -2.61. The van der Waals surface area contributed by atoms with E-state index in [4.69, 9.17) is 32.7 Å². The van der Waals surface area contributed by atoms with E-state index < -0.39 is 12.0 Å². The lowest BCUT2D eigenvalue weighted by atomic mass is 10.1. The Balaban J connectivity index is 2.22. The van der Waals surface area contributed by atoms with Crippen LogP contribution in [0, 0.1) is 0 Å². The Labute approximate surface area is 143 Å². The van der Waals surface area contributed by atoms with Crippen LogP contribution in [0.15, 0.2) is 36.4 Å². The van der Waals surface area contributed by atoms with Crippen molar-refractivity contribution < 1.29 is 25.1 Å². The van der Waals surface area contributed by atoms with Crippen LogP contribution < -0.4 is 20.3 Å². The Hall–Kier alpha value is -1.95. The summed E-state index contributed by atoms with van der Waals surface area (Å²) in [7, 11) is 1.46. The molecule has 0 unspecified atom stereocenters. The first kappa shape index (κ1) is 17.4. The highest BCUT2D eigenvalue weighted by Crippen LogP contribution is 2.32. The molecule has 2 rings (SSSR count). The maximum Gasteiger partial charge on any atom is 0.161 e. The summed E-state index contributed by atoms with van der Waals surface area (Å²) < 4.78 is 10.9. The maximum absolute atomic E-state index is 10.9. The van der Waals surface area contributed by atoms with E-state index >= 15 is 0 Å². The molecule has 7 heteroatoms. The van der Waals surface area contributed by atoms with Crippen molar-refractivity contribution in [1.29, 1.82) is 0 Å². The molecule has 0 fully saturated rings. The summed E-state index contributed by atoms with van der Waals surface area (Å²) >= 11 is 12.2. The summed E-state index contributed by atoms with van der Waals surface area (Å²) in [4.78, 5) is 10.9. The number of benzene rings is 2. The first-order chi connectivity index (χ1) is 10.9. The molecule has 3 N–H and O–H groups in total. The fourth-order valence-corrected chi connectivity index (χ4v) is 2.48. The molecule has 0 radical (unpaired) electrons. The van der Waals surface area contributed by atoms with Gasteiger partial charge in [0.05, 0.1) is 7.11 Å². The lowest BCUT2D eigenvalue weighted by molar-refractivity contribution is -0.443. The van der Waals surface area contributed by atoms with Gasteiger partial charge in [-0.1, -0.05) is 29.3 Å². The summed E-state index contributed by atoms with van der Waals surface area (Å²) in [5.41, 5.74) is 4.66. The van der Waals surface area contributed by atoms with Gasteiger partial charge in [0.2, 0.25) is 0 Å². The molecule has 0 saturated carbocycles. The van der Waals surface area contributed by atoms with Crippen LogP contribution >= 0.6 is 23.2 Å². The summed E-state index contributed by atoms with van der Waals surface area (Å²) in [6, 6.07) is 8.96. The van der Waals surface area contributed by atoms with Crippen LogP contribution in [0.4, 0.5) is 0 Å². The van der Waals surface area contributed by atoms with Gasteiger partial charge in [-0.15, -0.1) is 0 Å². The van der Waals surface area contributed by atoms with Crippen LogP contribution in [0.5, 0.6) is 11.5 Å². The zero-order chi connectivity index (χ0) is 17.0. The number of halogens is 2. The molecule has 0 aliphatic rings. The minimum Gasteiger partial charge on any atom is -0.544 e. The zero-order valence-corrected chi connectivity index (χ0v) is 13.9. The number of carboxylic acids is 1. The first-order valence-electron chi connectivity index (χ1n) is 6.71. The number of hydrogen-bond acceptors (Lipinski definition) is 4. The van der Waals surface area contributed by atoms with Gasteiger partial charge in [-0.25, -0.2) is 0 Å². The number of carbonyl (C=O) groups excluding carboxylic acids is 1. The molecule has 1 atom stereocenters. The second-order valence-electron chi connectivity index (χ2n) is 4.77. The average molecular weight is 356 g/mol. The van der Waals surface area contributed by atoms with Crippen LogP contribution in [-0.2, 0) is 11.4 Å². The topological polar surface area (TPSA) is 86.2 Å². The molecule has 122 valence electrons. The molecule has 0 saturated heterocycles. The number of carbonyl (C=O) groups is 1. The lowest BCUT2D eigenvalue weighted by Gasteiger charge is -2.15. The van der Waals surface area contributed by atoms with Crippen LogP contribution in [-0.4, -0.2) is 13.1 Å². The molecule has 0 aliphatic carbocycles. The number of carboxylic acid groups (broad SMARTS) is 1. The van der Waals surface area contributed by atoms with Gasteiger partial charge in [-0.3, -0.25) is 0 Å². The molecule has 0 bridgehead atoms. The van der Waals surface area contributed by atoms with Crippen molar-refractivity contribution in [3.05, 3.63) is 57.6 Å². The highest BCUT2D eigenvalue weighted by molar-refractivity contribution is 6.35. The van der Waals surface area contributed by atoms with Crippen LogP contribution in [0.2, 0.25) is 10.0 Å². The van der Waals surface area contributed by atoms with E-state index in [1.165, 1.54) is 7.11 Å². The van der Waals surface area contributed by atoms with Crippen LogP contribution in [0.3, 0.4) is 0 Å². The molecule has 23 heavy (non-hydrogen) atoms. The number of rotatable bonds is 6. The minimum absolute atomic E-state index is 0.155. The highest BCUT2D eigenvalue weighted by Gasteiger charge is 2.15. The average Bonchev–Trinajstić information content (AvgIpc) is 2.53. The number of aliphatic carboxylic acids is 1. The third-order valence-electron chi connectivity index (χ3n) is 3.31. The molecule has 0 spiro atoms. The number of quaternary nitrogens is 1. The summed E-state index contributed by atoms with van der Waals surface area (Å²) in [5.74, 6) is -0.429. The summed E-state index contributed by atoms with van der Waals surface area (Å²) in [6.45, 7) is 0.155. The Morgan fingerprint density at radius 3 is 2.43 bits per heavy atom. The fourth-order valence-electron chi connectivity index (χ4n) is 1.98. The van der Waals surface area contributed by atoms with Gasteiger partial charge in [-0.05, 0) is 30.3 Å². The maximum atomic E-state index is 10.9. The quantitative estimate of drug-likeness (QED) is 0.852. The molecular formula is C16H15Cl2NO4. The van der Waals surface area contributed by atoms with Crippen molar-refractivity contribution in [2.45, 2.75) is 12.6 Å². The van der Waals surface area contributed by atoms with Crippen LogP contribution in [0.25, 0.3) is 0 Å². The third kappa shape index (κ3) is 4.07. The molecule has 0 heterocycles. The molecular weight excluding hydrogens is 341 g/mol. The largest absolute Gasteiger partial charge is 0.544 e. The molecule has 0 amide bonds. The molecule has 5 nitrogen and oxygen atoms in total. The Kier molecular flexibility index (Phi) is 5.71. The van der Waals surface area contributed by atoms with Crippen LogP contribution in [0.1, 0.15) is 17.2 Å². The fraction of sp³-hybridized carbons (Fsp3) is 0.188. The number of methoxy groups -OCH3 is 1. The Morgan fingerprint density at radius 1 is 1.22 bits per heavy atom. The summed E-state index contributed by atoms with van der Waals surface area (Å²) in [5, 5.41) is 11.9. The van der Waals surface area contributed by atoms with Gasteiger partial charge < -0.3 is 25.1 Å². The van der Waals surface area contributed by atoms with Crippen molar-refractivity contribution in [3.8, 4) is 11.5 Å². The molecule has 2 aromatic carbocycles. The minimum atomic E-state index is -1.26. The van der Waals surface area contributed by atoms with Gasteiger partial charge in [0.15, 0.2) is 17.5 Å². The summed E-state index contributed by atoms with van der Waals surface area (Å²) in [6.07, 6.45) is 0. The Bertz CT molecular complexity index is 701. The molecule has 0 aliphatic heterocycles. The molecule has 0 aromatic heterocycles. The molecule has 2 aromatic rings. The van der Waals surface area contributed by atoms with E-state index in [-0.39, 0.29) is 6.61 Å². The standard InChI is InChI=1S/C16H15Cl2NO4/c1-22-14-7-9(15(19)16(20)21)5-6-13(14)23-8-10-11(17)3-2-4-12(10)18/h2-7,15H,8,19H2,1H3,(H,20,21)/t15-/m1/s1. The monoisotopic (exact) mass is 355 g/mol. The van der Waals surface area contributed by atoms with Crippen molar-refractivity contribution in [3.63, 3.8) is 0 Å². The zero-order valence-electron chi connectivity index (χ0n) is 12.3. The predicted molar refractivity (Wildman–Crippen MR) is 84.4 cm³/mol. The third-order valence-corrected chi connectivity index (χ3v) is 4.02. The normalized spacial score (nSPS) is 11.8. The second-order valence-corrected chi connectivity index (χ2v) is 5.59. The number of ether oxygens (including phenoxy) is 2. The van der Waals surface area contributed by atoms with Gasteiger partial charge >= 0.3 is 0 Å². The van der Waals surface area contributed by atoms with E-state index in [9.17, 15) is 9.90 Å². The number of hydrogen-bond donors (Lipinski definition) is 1. The van der Waals surface area contributed by atoms with Crippen molar-refractivity contribution >= 4 is 29.2 Å². The van der Waals surface area contributed by atoms with E-state index in [0.29, 0.717) is 32.7 Å². The SMILES string of the molecule is COc1cc([C@@H]([NH3+])C(=O)[O-])ccc1OCc1c(Cl)cccc1Cl.